The third kappa shape index (κ3) is 5.36. The Morgan fingerprint density at radius 3 is 2.58 bits per heavy atom. The van der Waals surface area contributed by atoms with Crippen LogP contribution in [0.2, 0.25) is 0 Å². The number of rotatable bonds is 7. The van der Waals surface area contributed by atoms with Crippen LogP contribution in [0.15, 0.2) is 67.0 Å². The zero-order valence-corrected chi connectivity index (χ0v) is 14.5. The van der Waals surface area contributed by atoms with Crippen molar-refractivity contribution in [3.8, 4) is 0 Å². The third-order valence-electron chi connectivity index (χ3n) is 3.57. The van der Waals surface area contributed by atoms with E-state index in [0.29, 0.717) is 18.0 Å². The van der Waals surface area contributed by atoms with Crippen LogP contribution in [0.1, 0.15) is 34.0 Å². The molecule has 2 rings (SSSR count). The summed E-state index contributed by atoms with van der Waals surface area (Å²) in [6, 6.07) is 10.0. The Morgan fingerprint density at radius 2 is 1.92 bits per heavy atom. The fraction of sp³-hybridized carbons (Fsp3) is 0.200. The SMILES string of the molecule is C=C/C=C(\C)CNC(=O)c1cncc(Cc2ccc(CCl)cc2)c1. The molecule has 1 aromatic heterocycles. The maximum Gasteiger partial charge on any atom is 0.253 e. The van der Waals surface area contributed by atoms with E-state index in [1.165, 1.54) is 0 Å². The van der Waals surface area contributed by atoms with Gasteiger partial charge in [-0.15, -0.1) is 11.6 Å². The number of aromatic nitrogens is 1. The highest BCUT2D eigenvalue weighted by molar-refractivity contribution is 6.17. The molecule has 0 radical (unpaired) electrons. The third-order valence-corrected chi connectivity index (χ3v) is 3.88. The minimum Gasteiger partial charge on any atom is -0.348 e. The van der Waals surface area contributed by atoms with Crippen molar-refractivity contribution in [2.45, 2.75) is 19.2 Å². The van der Waals surface area contributed by atoms with Gasteiger partial charge >= 0.3 is 0 Å². The fourth-order valence-electron chi connectivity index (χ4n) is 2.27. The Hall–Kier alpha value is -2.39. The van der Waals surface area contributed by atoms with E-state index in [-0.39, 0.29) is 5.91 Å². The van der Waals surface area contributed by atoms with Crippen LogP contribution in [0.5, 0.6) is 0 Å². The van der Waals surface area contributed by atoms with Crippen molar-refractivity contribution in [3.05, 3.63) is 89.3 Å². The van der Waals surface area contributed by atoms with Gasteiger partial charge in [-0.3, -0.25) is 9.78 Å². The molecular weight excluding hydrogens is 320 g/mol. The molecule has 2 aromatic rings. The van der Waals surface area contributed by atoms with E-state index in [1.807, 2.05) is 43.3 Å². The van der Waals surface area contributed by atoms with Crippen LogP contribution < -0.4 is 5.32 Å². The van der Waals surface area contributed by atoms with Crippen LogP contribution in [0.3, 0.4) is 0 Å². The first-order valence-electron chi connectivity index (χ1n) is 7.76. The zero-order chi connectivity index (χ0) is 17.4. The largest absolute Gasteiger partial charge is 0.348 e. The van der Waals surface area contributed by atoms with Gasteiger partial charge in [0, 0.05) is 24.8 Å². The Bertz CT molecular complexity index is 736. The lowest BCUT2D eigenvalue weighted by atomic mass is 10.0. The van der Waals surface area contributed by atoms with Crippen LogP contribution in [0.25, 0.3) is 0 Å². The van der Waals surface area contributed by atoms with Gasteiger partial charge in [0.25, 0.3) is 5.91 Å². The molecule has 0 bridgehead atoms. The Balaban J connectivity index is 2.03. The molecule has 0 aliphatic heterocycles. The summed E-state index contributed by atoms with van der Waals surface area (Å²) in [4.78, 5) is 16.4. The van der Waals surface area contributed by atoms with Gasteiger partial charge in [-0.05, 0) is 36.1 Å². The summed E-state index contributed by atoms with van der Waals surface area (Å²) >= 11 is 5.80. The molecule has 124 valence electrons. The second-order valence-electron chi connectivity index (χ2n) is 5.64. The number of benzene rings is 1. The number of amides is 1. The van der Waals surface area contributed by atoms with Crippen molar-refractivity contribution in [2.75, 3.05) is 6.54 Å². The summed E-state index contributed by atoms with van der Waals surface area (Å²) < 4.78 is 0. The predicted molar refractivity (Wildman–Crippen MR) is 99.3 cm³/mol. The van der Waals surface area contributed by atoms with E-state index in [2.05, 4.69) is 16.9 Å². The Labute approximate surface area is 148 Å². The van der Waals surface area contributed by atoms with Crippen LogP contribution >= 0.6 is 11.6 Å². The lowest BCUT2D eigenvalue weighted by Gasteiger charge is -2.07. The average Bonchev–Trinajstić information content (AvgIpc) is 2.61. The molecule has 24 heavy (non-hydrogen) atoms. The van der Waals surface area contributed by atoms with Gasteiger partial charge in [0.05, 0.1) is 5.56 Å². The number of carbonyl (C=O) groups is 1. The second kappa shape index (κ2) is 9.04. The van der Waals surface area contributed by atoms with Crippen LogP contribution in [0, 0.1) is 0 Å². The number of nitrogens with zero attached hydrogens (tertiary/aromatic N) is 1. The van der Waals surface area contributed by atoms with Crippen molar-refractivity contribution in [1.82, 2.24) is 10.3 Å². The smallest absolute Gasteiger partial charge is 0.253 e. The van der Waals surface area contributed by atoms with Crippen molar-refractivity contribution < 1.29 is 4.79 Å². The summed E-state index contributed by atoms with van der Waals surface area (Å²) in [5.74, 6) is 0.385. The molecular formula is C20H21ClN2O. The lowest BCUT2D eigenvalue weighted by Crippen LogP contribution is -2.25. The number of carbonyl (C=O) groups excluding carboxylic acids is 1. The monoisotopic (exact) mass is 340 g/mol. The first kappa shape index (κ1) is 18.0. The van der Waals surface area contributed by atoms with Gasteiger partial charge in [0.1, 0.15) is 0 Å². The number of hydrogen-bond donors (Lipinski definition) is 1. The van der Waals surface area contributed by atoms with E-state index in [1.54, 1.807) is 18.5 Å². The summed E-state index contributed by atoms with van der Waals surface area (Å²) in [6.07, 6.45) is 7.68. The molecule has 0 saturated carbocycles. The van der Waals surface area contributed by atoms with Crippen molar-refractivity contribution in [2.24, 2.45) is 0 Å². The quantitative estimate of drug-likeness (QED) is 0.604. The molecule has 1 N–H and O–H groups in total. The van der Waals surface area contributed by atoms with Crippen LogP contribution in [-0.4, -0.2) is 17.4 Å². The number of hydrogen-bond acceptors (Lipinski definition) is 2. The molecule has 0 aliphatic rings. The van der Waals surface area contributed by atoms with Crippen molar-refractivity contribution in [3.63, 3.8) is 0 Å². The number of halogens is 1. The van der Waals surface area contributed by atoms with Crippen LogP contribution in [0.4, 0.5) is 0 Å². The lowest BCUT2D eigenvalue weighted by molar-refractivity contribution is 0.0956. The van der Waals surface area contributed by atoms with E-state index in [0.717, 1.165) is 28.7 Å². The molecule has 0 saturated heterocycles. The molecule has 4 heteroatoms. The van der Waals surface area contributed by atoms with Gasteiger partial charge in [-0.2, -0.15) is 0 Å². The minimum atomic E-state index is -0.126. The standard InChI is InChI=1S/C20H21ClN2O/c1-3-4-15(2)12-23-20(24)19-10-18(13-22-14-19)9-16-5-7-17(11-21)8-6-16/h3-8,10,13-14H,1,9,11-12H2,2H3,(H,23,24)/b15-4+. The fourth-order valence-corrected chi connectivity index (χ4v) is 2.45. The van der Waals surface area contributed by atoms with Crippen molar-refractivity contribution >= 4 is 17.5 Å². The summed E-state index contributed by atoms with van der Waals surface area (Å²) in [6.45, 7) is 6.08. The van der Waals surface area contributed by atoms with E-state index in [4.69, 9.17) is 11.6 Å². The molecule has 1 aromatic carbocycles. The Morgan fingerprint density at radius 1 is 1.21 bits per heavy atom. The Kier molecular flexibility index (Phi) is 6.76. The predicted octanol–water partition coefficient (Wildman–Crippen LogP) is 4.27. The maximum absolute atomic E-state index is 12.2. The highest BCUT2D eigenvalue weighted by Gasteiger charge is 2.07. The molecule has 1 amide bonds. The number of alkyl halides is 1. The van der Waals surface area contributed by atoms with Gasteiger partial charge in [-0.1, -0.05) is 48.6 Å². The highest BCUT2D eigenvalue weighted by Crippen LogP contribution is 2.13. The summed E-state index contributed by atoms with van der Waals surface area (Å²) in [5.41, 5.74) is 4.86. The molecule has 0 fully saturated rings. The number of nitrogens with one attached hydrogen (secondary N) is 1. The average molecular weight is 341 g/mol. The maximum atomic E-state index is 12.2. The summed E-state index contributed by atoms with van der Waals surface area (Å²) in [5, 5.41) is 2.88. The topological polar surface area (TPSA) is 42.0 Å². The van der Waals surface area contributed by atoms with Gasteiger partial charge in [-0.25, -0.2) is 0 Å². The highest BCUT2D eigenvalue weighted by atomic mass is 35.5. The van der Waals surface area contributed by atoms with Gasteiger partial charge < -0.3 is 5.32 Å². The van der Waals surface area contributed by atoms with Crippen LogP contribution in [-0.2, 0) is 12.3 Å². The molecule has 3 nitrogen and oxygen atoms in total. The molecule has 0 aliphatic carbocycles. The zero-order valence-electron chi connectivity index (χ0n) is 13.8. The second-order valence-corrected chi connectivity index (χ2v) is 5.91. The molecule has 1 heterocycles. The van der Waals surface area contributed by atoms with Gasteiger partial charge in [0.2, 0.25) is 0 Å². The number of pyridine rings is 1. The molecule has 0 unspecified atom stereocenters. The van der Waals surface area contributed by atoms with Crippen molar-refractivity contribution in [1.29, 1.82) is 0 Å². The molecule has 0 atom stereocenters. The minimum absolute atomic E-state index is 0.126. The first-order chi connectivity index (χ1) is 11.6. The first-order valence-corrected chi connectivity index (χ1v) is 8.30. The number of allylic oxidation sites excluding steroid dienone is 2. The van der Waals surface area contributed by atoms with E-state index in [9.17, 15) is 4.79 Å². The van der Waals surface area contributed by atoms with E-state index < -0.39 is 0 Å². The van der Waals surface area contributed by atoms with E-state index >= 15 is 0 Å². The van der Waals surface area contributed by atoms with Gasteiger partial charge in [0.15, 0.2) is 0 Å². The normalized spacial score (nSPS) is 11.2. The molecule has 0 spiro atoms. The summed E-state index contributed by atoms with van der Waals surface area (Å²) in [7, 11) is 0.